The zero-order chi connectivity index (χ0) is 32.5. The van der Waals surface area contributed by atoms with Crippen LogP contribution >= 0.6 is 19.5 Å². The Kier molecular flexibility index (Phi) is 13.0. The van der Waals surface area contributed by atoms with Crippen molar-refractivity contribution < 1.29 is 27.6 Å². The van der Waals surface area contributed by atoms with Gasteiger partial charge in [-0.3, -0.25) is 9.32 Å². The molecular formula is C35H48NO6PS. The zero-order valence-electron chi connectivity index (χ0n) is 27.5. The van der Waals surface area contributed by atoms with Crippen LogP contribution in [-0.2, 0) is 31.6 Å². The lowest BCUT2D eigenvalue weighted by Gasteiger charge is -2.21. The molecule has 1 heterocycles. The molecule has 1 saturated carbocycles. The molecule has 2 aromatic carbocycles. The van der Waals surface area contributed by atoms with E-state index in [0.29, 0.717) is 12.4 Å². The number of hydrogen-bond acceptors (Lipinski definition) is 7. The minimum absolute atomic E-state index is 0.0107. The van der Waals surface area contributed by atoms with Gasteiger partial charge in [0.2, 0.25) is 0 Å². The van der Waals surface area contributed by atoms with Crippen molar-refractivity contribution in [2.24, 2.45) is 17.3 Å². The van der Waals surface area contributed by atoms with Gasteiger partial charge in [0, 0.05) is 22.9 Å². The Morgan fingerprint density at radius 1 is 1.11 bits per heavy atom. The lowest BCUT2D eigenvalue weighted by atomic mass is 10.1. The van der Waals surface area contributed by atoms with E-state index in [4.69, 9.17) is 18.2 Å². The molecule has 44 heavy (non-hydrogen) atoms. The van der Waals surface area contributed by atoms with E-state index in [0.717, 1.165) is 23.3 Å². The number of nitrogens with one attached hydrogen (secondary N) is 1. The molecule has 1 N–H and O–H groups in total. The van der Waals surface area contributed by atoms with Crippen LogP contribution in [0.15, 0.2) is 81.8 Å². The van der Waals surface area contributed by atoms with E-state index in [2.05, 4.69) is 51.0 Å². The molecule has 3 aromatic rings. The van der Waals surface area contributed by atoms with Gasteiger partial charge in [-0.2, -0.15) is 0 Å². The summed E-state index contributed by atoms with van der Waals surface area (Å²) in [5.41, 5.74) is 4.43. The van der Waals surface area contributed by atoms with Gasteiger partial charge in [-0.25, -0.2) is 9.65 Å². The smallest absolute Gasteiger partial charge is 0.458 e. The summed E-state index contributed by atoms with van der Waals surface area (Å²) < 4.78 is 34.4. The molecule has 0 aliphatic heterocycles. The van der Waals surface area contributed by atoms with Gasteiger partial charge in [0.15, 0.2) is 0 Å². The second kappa shape index (κ2) is 16.0. The highest BCUT2D eigenvalue weighted by atomic mass is 32.2. The standard InChI is InChI=1S/C22H26O3.C13H22NO3PS/c1-15(2)10-19-20(22(19,3)4)21(23)25-14-17-12-18(24-13-17)11-16-8-6-5-7-9-16;1-6-16-18(15,14-10(2)3)17-12-7-8-13(19-5)11(4)9-12/h5-10,12-13,19-20H,11,14H2,1-4H3;7-10H,6H2,1-5H3,(H,14,15). The Labute approximate surface area is 267 Å². The minimum atomic E-state index is -3.30. The van der Waals surface area contributed by atoms with Gasteiger partial charge in [0.25, 0.3) is 0 Å². The van der Waals surface area contributed by atoms with Gasteiger partial charge in [0.05, 0.1) is 18.8 Å². The monoisotopic (exact) mass is 641 g/mol. The van der Waals surface area contributed by atoms with Crippen molar-refractivity contribution in [2.75, 3.05) is 12.9 Å². The molecular weight excluding hydrogens is 593 g/mol. The van der Waals surface area contributed by atoms with Crippen LogP contribution in [0.25, 0.3) is 0 Å². The number of allylic oxidation sites excluding steroid dienone is 2. The first-order valence-corrected chi connectivity index (χ1v) is 17.8. The predicted octanol–water partition coefficient (Wildman–Crippen LogP) is 9.39. The summed E-state index contributed by atoms with van der Waals surface area (Å²) in [4.78, 5) is 13.6. The molecule has 1 fully saturated rings. The maximum absolute atomic E-state index is 12.5. The third-order valence-electron chi connectivity index (χ3n) is 7.30. The maximum atomic E-state index is 12.5. The summed E-state index contributed by atoms with van der Waals surface area (Å²) >= 11 is 1.67. The van der Waals surface area contributed by atoms with Gasteiger partial charge in [-0.1, -0.05) is 55.8 Å². The Balaban J connectivity index is 0.000000251. The highest BCUT2D eigenvalue weighted by Gasteiger charge is 2.61. The number of thioether (sulfide) groups is 1. The lowest BCUT2D eigenvalue weighted by Crippen LogP contribution is -2.23. The predicted molar refractivity (Wildman–Crippen MR) is 179 cm³/mol. The van der Waals surface area contributed by atoms with E-state index in [9.17, 15) is 9.36 Å². The first kappa shape index (κ1) is 35.7. The summed E-state index contributed by atoms with van der Waals surface area (Å²) in [5, 5.41) is 2.86. The van der Waals surface area contributed by atoms with Crippen molar-refractivity contribution in [3.05, 3.63) is 95.0 Å². The molecule has 0 radical (unpaired) electrons. The van der Waals surface area contributed by atoms with Gasteiger partial charge in [-0.15, -0.1) is 11.8 Å². The van der Waals surface area contributed by atoms with Crippen LogP contribution in [0.2, 0.25) is 0 Å². The second-order valence-electron chi connectivity index (χ2n) is 12.2. The van der Waals surface area contributed by atoms with Gasteiger partial charge in [-0.05, 0) is 94.5 Å². The highest BCUT2D eigenvalue weighted by Crippen LogP contribution is 2.59. The normalized spacial score (nSPS) is 18.0. The quantitative estimate of drug-likeness (QED) is 0.0855. The Hall–Kier alpha value is -2.77. The summed E-state index contributed by atoms with van der Waals surface area (Å²) in [7, 11) is -3.30. The number of hydrogen-bond donors (Lipinski definition) is 1. The fourth-order valence-corrected chi connectivity index (χ4v) is 7.18. The lowest BCUT2D eigenvalue weighted by molar-refractivity contribution is -0.147. The molecule has 0 bridgehead atoms. The third kappa shape index (κ3) is 10.4. The number of rotatable bonds is 13. The largest absolute Gasteiger partial charge is 0.469 e. The van der Waals surface area contributed by atoms with E-state index in [1.807, 2.05) is 69.5 Å². The third-order valence-corrected chi connectivity index (χ3v) is 10.1. The number of furan rings is 1. The molecule has 9 heteroatoms. The molecule has 0 amide bonds. The zero-order valence-corrected chi connectivity index (χ0v) is 29.2. The number of esters is 1. The molecule has 240 valence electrons. The van der Waals surface area contributed by atoms with Gasteiger partial charge in [0.1, 0.15) is 18.1 Å². The number of benzene rings is 2. The van der Waals surface area contributed by atoms with E-state index in [-0.39, 0.29) is 35.9 Å². The van der Waals surface area contributed by atoms with E-state index < -0.39 is 7.75 Å². The molecule has 0 spiro atoms. The van der Waals surface area contributed by atoms with Crippen molar-refractivity contribution in [3.8, 4) is 5.75 Å². The molecule has 1 aliphatic carbocycles. The van der Waals surface area contributed by atoms with Crippen molar-refractivity contribution in [2.45, 2.75) is 79.4 Å². The van der Waals surface area contributed by atoms with Gasteiger partial charge < -0.3 is 13.7 Å². The average molecular weight is 642 g/mol. The molecule has 4 rings (SSSR count). The highest BCUT2D eigenvalue weighted by molar-refractivity contribution is 7.98. The van der Waals surface area contributed by atoms with Crippen molar-refractivity contribution in [3.63, 3.8) is 0 Å². The first-order valence-electron chi connectivity index (χ1n) is 15.1. The summed E-state index contributed by atoms with van der Waals surface area (Å²) in [5.74, 6) is 1.56. The van der Waals surface area contributed by atoms with E-state index in [1.54, 1.807) is 24.9 Å². The van der Waals surface area contributed by atoms with Crippen molar-refractivity contribution >= 4 is 25.5 Å². The first-order chi connectivity index (χ1) is 20.8. The van der Waals surface area contributed by atoms with Crippen LogP contribution in [0, 0.1) is 24.2 Å². The van der Waals surface area contributed by atoms with Crippen LogP contribution < -0.4 is 9.61 Å². The SMILES string of the molecule is CC(C)=CC1C(C(=O)OCc2coc(Cc3ccccc3)c2)C1(C)C.CCOP(=O)(NC(C)C)Oc1ccc(SC)c(C)c1. The van der Waals surface area contributed by atoms with Crippen LogP contribution in [0.4, 0.5) is 0 Å². The van der Waals surface area contributed by atoms with E-state index in [1.165, 1.54) is 16.0 Å². The van der Waals surface area contributed by atoms with Gasteiger partial charge >= 0.3 is 13.7 Å². The summed E-state index contributed by atoms with van der Waals surface area (Å²) in [6.07, 6.45) is 6.63. The number of carbonyl (C=O) groups is 1. The molecule has 3 atom stereocenters. The fraction of sp³-hybridized carbons (Fsp3) is 0.457. The number of carbonyl (C=O) groups excluding carboxylic acids is 1. The maximum Gasteiger partial charge on any atom is 0.458 e. The van der Waals surface area contributed by atoms with Crippen LogP contribution in [0.3, 0.4) is 0 Å². The summed E-state index contributed by atoms with van der Waals surface area (Å²) in [6.45, 7) is 16.6. The Morgan fingerprint density at radius 3 is 2.41 bits per heavy atom. The molecule has 1 aliphatic rings. The second-order valence-corrected chi connectivity index (χ2v) is 14.7. The topological polar surface area (TPSA) is 87.0 Å². The molecule has 7 nitrogen and oxygen atoms in total. The Bertz CT molecular complexity index is 1440. The average Bonchev–Trinajstić information content (AvgIpc) is 3.23. The summed E-state index contributed by atoms with van der Waals surface area (Å²) in [6, 6.07) is 17.8. The number of ether oxygens (including phenoxy) is 1. The fourth-order valence-electron chi connectivity index (χ4n) is 5.06. The van der Waals surface area contributed by atoms with Crippen LogP contribution in [0.1, 0.15) is 70.9 Å². The van der Waals surface area contributed by atoms with Crippen LogP contribution in [0.5, 0.6) is 5.75 Å². The Morgan fingerprint density at radius 2 is 1.82 bits per heavy atom. The minimum Gasteiger partial charge on any atom is -0.469 e. The molecule has 0 saturated heterocycles. The molecule has 1 aromatic heterocycles. The van der Waals surface area contributed by atoms with Crippen molar-refractivity contribution in [1.82, 2.24) is 5.09 Å². The molecule has 3 unspecified atom stereocenters. The van der Waals surface area contributed by atoms with Crippen molar-refractivity contribution in [1.29, 1.82) is 0 Å². The van der Waals surface area contributed by atoms with E-state index >= 15 is 0 Å². The number of aryl methyl sites for hydroxylation is 1. The van der Waals surface area contributed by atoms with Crippen LogP contribution in [-0.4, -0.2) is 24.9 Å².